The molecule has 0 aliphatic rings. The number of imidazole rings is 1. The first-order chi connectivity index (χ1) is 9.42. The van der Waals surface area contributed by atoms with Gasteiger partial charge in [0.05, 0.1) is 22.7 Å². The second-order valence-electron chi connectivity index (χ2n) is 4.44. The van der Waals surface area contributed by atoms with E-state index in [1.807, 2.05) is 16.7 Å². The molecule has 1 aromatic carbocycles. The summed E-state index contributed by atoms with van der Waals surface area (Å²) < 4.78 is 26.4. The Balaban J connectivity index is 2.18. The molecule has 8 heteroatoms. The molecule has 1 aromatic heterocycles. The summed E-state index contributed by atoms with van der Waals surface area (Å²) >= 11 is 12.0. The van der Waals surface area contributed by atoms with Crippen LogP contribution in [0.5, 0.6) is 0 Å². The smallest absolute Gasteiger partial charge is 0.208 e. The summed E-state index contributed by atoms with van der Waals surface area (Å²) in [7, 11) is -3.15. The Morgan fingerprint density at radius 1 is 1.40 bits per heavy atom. The molecule has 0 fully saturated rings. The number of alkyl halides is 1. The fourth-order valence-electron chi connectivity index (χ4n) is 2.01. The van der Waals surface area contributed by atoms with Crippen molar-refractivity contribution < 1.29 is 8.42 Å². The number of nitrogens with zero attached hydrogens (tertiary/aromatic N) is 2. The van der Waals surface area contributed by atoms with Crippen molar-refractivity contribution in [1.29, 1.82) is 0 Å². The molecule has 2 aromatic rings. The van der Waals surface area contributed by atoms with E-state index in [0.29, 0.717) is 24.5 Å². The van der Waals surface area contributed by atoms with E-state index in [-0.39, 0.29) is 5.88 Å². The van der Waals surface area contributed by atoms with E-state index in [1.54, 1.807) is 6.07 Å². The average molecular weight is 336 g/mol. The summed E-state index contributed by atoms with van der Waals surface area (Å²) in [6.45, 7) is 1.00. The average Bonchev–Trinajstić information content (AvgIpc) is 2.73. The molecule has 0 spiro atoms. The quantitative estimate of drug-likeness (QED) is 0.651. The van der Waals surface area contributed by atoms with Gasteiger partial charge in [0.25, 0.3) is 0 Å². The van der Waals surface area contributed by atoms with Crippen LogP contribution in [0.4, 0.5) is 0 Å². The van der Waals surface area contributed by atoms with Crippen LogP contribution < -0.4 is 4.72 Å². The molecule has 110 valence electrons. The molecule has 1 N–H and O–H groups in total. The van der Waals surface area contributed by atoms with E-state index in [0.717, 1.165) is 23.1 Å². The zero-order valence-electron chi connectivity index (χ0n) is 10.9. The zero-order valence-corrected chi connectivity index (χ0v) is 13.3. The summed E-state index contributed by atoms with van der Waals surface area (Å²) in [5.41, 5.74) is 1.63. The molecular weight excluding hydrogens is 321 g/mol. The lowest BCUT2D eigenvalue weighted by molar-refractivity contribution is 0.575. The van der Waals surface area contributed by atoms with Gasteiger partial charge in [-0.2, -0.15) is 0 Å². The molecule has 2 rings (SSSR count). The number of benzene rings is 1. The molecule has 0 saturated heterocycles. The van der Waals surface area contributed by atoms with Crippen LogP contribution in [0.25, 0.3) is 11.0 Å². The van der Waals surface area contributed by atoms with Gasteiger partial charge in [0.2, 0.25) is 10.0 Å². The maximum absolute atomic E-state index is 11.0. The minimum atomic E-state index is -3.15. The highest BCUT2D eigenvalue weighted by molar-refractivity contribution is 7.88. The zero-order chi connectivity index (χ0) is 14.8. The van der Waals surface area contributed by atoms with Crippen molar-refractivity contribution >= 4 is 44.3 Å². The number of halogens is 2. The van der Waals surface area contributed by atoms with Crippen LogP contribution in [0.3, 0.4) is 0 Å². The first-order valence-electron chi connectivity index (χ1n) is 6.06. The van der Waals surface area contributed by atoms with E-state index in [9.17, 15) is 8.42 Å². The maximum atomic E-state index is 11.0. The molecule has 0 unspecified atom stereocenters. The number of hydrogen-bond acceptors (Lipinski definition) is 3. The first-order valence-corrected chi connectivity index (χ1v) is 8.87. The highest BCUT2D eigenvalue weighted by Crippen LogP contribution is 2.24. The Morgan fingerprint density at radius 3 is 2.80 bits per heavy atom. The van der Waals surface area contributed by atoms with Crippen molar-refractivity contribution in [3.05, 3.63) is 29.0 Å². The Bertz CT molecular complexity index is 713. The topological polar surface area (TPSA) is 64.0 Å². The van der Waals surface area contributed by atoms with Gasteiger partial charge in [-0.05, 0) is 18.6 Å². The number of rotatable bonds is 6. The molecule has 0 saturated carbocycles. The van der Waals surface area contributed by atoms with Crippen LogP contribution in [0.2, 0.25) is 5.02 Å². The summed E-state index contributed by atoms with van der Waals surface area (Å²) in [5, 5.41) is 0.585. The van der Waals surface area contributed by atoms with Gasteiger partial charge in [-0.3, -0.25) is 0 Å². The predicted octanol–water partition coefficient (Wildman–Crippen LogP) is 2.37. The predicted molar refractivity (Wildman–Crippen MR) is 81.8 cm³/mol. The number of para-hydroxylation sites is 1. The number of hydrogen-bond donors (Lipinski definition) is 1. The largest absolute Gasteiger partial charge is 0.327 e. The lowest BCUT2D eigenvalue weighted by Crippen LogP contribution is -2.24. The summed E-state index contributed by atoms with van der Waals surface area (Å²) in [6, 6.07) is 5.56. The molecule has 0 aliphatic heterocycles. The van der Waals surface area contributed by atoms with Gasteiger partial charge in [-0.1, -0.05) is 17.7 Å². The normalized spacial score (nSPS) is 12.2. The van der Waals surface area contributed by atoms with Gasteiger partial charge in [-0.15, -0.1) is 11.6 Å². The van der Waals surface area contributed by atoms with E-state index < -0.39 is 10.0 Å². The minimum absolute atomic E-state index is 0.282. The molecule has 0 bridgehead atoms. The van der Waals surface area contributed by atoms with Crippen molar-refractivity contribution in [2.45, 2.75) is 18.8 Å². The van der Waals surface area contributed by atoms with E-state index in [4.69, 9.17) is 23.2 Å². The molecule has 0 aliphatic carbocycles. The Morgan fingerprint density at radius 2 is 2.15 bits per heavy atom. The Hall–Kier alpha value is -0.820. The van der Waals surface area contributed by atoms with Crippen molar-refractivity contribution in [1.82, 2.24) is 14.3 Å². The fraction of sp³-hybridized carbons (Fsp3) is 0.417. The molecule has 1 heterocycles. The molecule has 0 radical (unpaired) electrons. The van der Waals surface area contributed by atoms with Crippen LogP contribution in [-0.4, -0.2) is 30.8 Å². The van der Waals surface area contributed by atoms with Gasteiger partial charge < -0.3 is 4.57 Å². The van der Waals surface area contributed by atoms with Gasteiger partial charge in [0.15, 0.2) is 0 Å². The van der Waals surface area contributed by atoms with Gasteiger partial charge in [-0.25, -0.2) is 18.1 Å². The molecule has 0 amide bonds. The second kappa shape index (κ2) is 6.30. The van der Waals surface area contributed by atoms with Gasteiger partial charge >= 0.3 is 0 Å². The molecule has 0 atom stereocenters. The molecule has 5 nitrogen and oxygen atoms in total. The van der Waals surface area contributed by atoms with Crippen molar-refractivity contribution in [2.75, 3.05) is 12.8 Å². The van der Waals surface area contributed by atoms with Crippen LogP contribution in [-0.2, 0) is 22.4 Å². The number of aromatic nitrogens is 2. The molecule has 20 heavy (non-hydrogen) atoms. The molecular formula is C12H15Cl2N3O2S. The summed E-state index contributed by atoms with van der Waals surface area (Å²) in [6.07, 6.45) is 1.79. The lowest BCUT2D eigenvalue weighted by atomic mass is 10.3. The van der Waals surface area contributed by atoms with Crippen molar-refractivity contribution in [2.24, 2.45) is 0 Å². The SMILES string of the molecule is CS(=O)(=O)NCCCn1c(CCl)nc2c(Cl)cccc21. The Kier molecular flexibility index (Phi) is 4.90. The Labute approximate surface area is 127 Å². The van der Waals surface area contributed by atoms with E-state index >= 15 is 0 Å². The third-order valence-corrected chi connectivity index (χ3v) is 4.12. The summed E-state index contributed by atoms with van der Waals surface area (Å²) in [4.78, 5) is 4.42. The van der Waals surface area contributed by atoms with Crippen molar-refractivity contribution in [3.8, 4) is 0 Å². The summed E-state index contributed by atoms with van der Waals surface area (Å²) in [5.74, 6) is 1.01. The highest BCUT2D eigenvalue weighted by Gasteiger charge is 2.12. The maximum Gasteiger partial charge on any atom is 0.208 e. The van der Waals surface area contributed by atoms with E-state index in [1.165, 1.54) is 0 Å². The third-order valence-electron chi connectivity index (χ3n) is 2.85. The highest BCUT2D eigenvalue weighted by atomic mass is 35.5. The number of fused-ring (bicyclic) bond motifs is 1. The van der Waals surface area contributed by atoms with Crippen LogP contribution in [0.1, 0.15) is 12.2 Å². The minimum Gasteiger partial charge on any atom is -0.327 e. The van der Waals surface area contributed by atoms with Gasteiger partial charge in [0.1, 0.15) is 11.3 Å². The van der Waals surface area contributed by atoms with E-state index in [2.05, 4.69) is 9.71 Å². The third kappa shape index (κ3) is 3.63. The monoisotopic (exact) mass is 335 g/mol. The van der Waals surface area contributed by atoms with Gasteiger partial charge in [0, 0.05) is 13.1 Å². The second-order valence-corrected chi connectivity index (χ2v) is 6.95. The van der Waals surface area contributed by atoms with Crippen LogP contribution in [0, 0.1) is 0 Å². The van der Waals surface area contributed by atoms with Crippen molar-refractivity contribution in [3.63, 3.8) is 0 Å². The van der Waals surface area contributed by atoms with Crippen LogP contribution >= 0.6 is 23.2 Å². The number of aryl methyl sites for hydroxylation is 1. The number of nitrogens with one attached hydrogen (secondary N) is 1. The first kappa shape index (κ1) is 15.6. The number of sulfonamides is 1. The standard InChI is InChI=1S/C12H15Cl2N3O2S/c1-20(18,19)15-6-3-7-17-10-5-2-4-9(14)12(10)16-11(17)8-13/h2,4-5,15H,3,6-8H2,1H3. The lowest BCUT2D eigenvalue weighted by Gasteiger charge is -2.08. The van der Waals surface area contributed by atoms with Crippen LogP contribution in [0.15, 0.2) is 18.2 Å². The fourth-order valence-corrected chi connectivity index (χ4v) is 2.94.